The number of aromatic nitrogens is 1. The molecule has 2 aliphatic heterocycles. The van der Waals surface area contributed by atoms with Crippen molar-refractivity contribution in [3.8, 4) is 0 Å². The zero-order chi connectivity index (χ0) is 17.6. The van der Waals surface area contributed by atoms with Gasteiger partial charge in [-0.3, -0.25) is 14.4 Å². The van der Waals surface area contributed by atoms with Crippen molar-refractivity contribution >= 4 is 11.9 Å². The minimum absolute atomic E-state index is 0.0235. The van der Waals surface area contributed by atoms with E-state index in [4.69, 9.17) is 0 Å². The second kappa shape index (κ2) is 6.17. The summed E-state index contributed by atoms with van der Waals surface area (Å²) in [5.74, 6) is -1.62. The van der Waals surface area contributed by atoms with Crippen LogP contribution < -0.4 is 5.56 Å². The summed E-state index contributed by atoms with van der Waals surface area (Å²) in [6.07, 6.45) is 5.68. The van der Waals surface area contributed by atoms with Crippen LogP contribution in [0.25, 0.3) is 0 Å². The summed E-state index contributed by atoms with van der Waals surface area (Å²) in [5.41, 5.74) is 1.02. The van der Waals surface area contributed by atoms with Crippen LogP contribution in [0.4, 0.5) is 0 Å². The van der Waals surface area contributed by atoms with Gasteiger partial charge in [-0.15, -0.1) is 0 Å². The number of carboxylic acids is 1. The Hall–Kier alpha value is -2.37. The highest BCUT2D eigenvalue weighted by atomic mass is 16.4. The van der Waals surface area contributed by atoms with E-state index >= 15 is 0 Å². The van der Waals surface area contributed by atoms with Gasteiger partial charge in [0.05, 0.1) is 11.8 Å². The molecule has 1 aliphatic carbocycles. The van der Waals surface area contributed by atoms with Gasteiger partial charge in [-0.25, -0.2) is 0 Å². The van der Waals surface area contributed by atoms with Crippen LogP contribution >= 0.6 is 0 Å². The molecule has 6 heteroatoms. The molecule has 0 radical (unpaired) electrons. The number of carbonyl (C=O) groups excluding carboxylic acids is 1. The lowest BCUT2D eigenvalue weighted by Gasteiger charge is -2.44. The van der Waals surface area contributed by atoms with E-state index in [0.717, 1.165) is 12.1 Å². The summed E-state index contributed by atoms with van der Waals surface area (Å²) in [5, 5.41) is 9.44. The Morgan fingerprint density at radius 2 is 1.80 bits per heavy atom. The van der Waals surface area contributed by atoms with E-state index in [9.17, 15) is 19.5 Å². The minimum atomic E-state index is -0.892. The second-order valence-electron chi connectivity index (χ2n) is 7.44. The zero-order valence-corrected chi connectivity index (χ0v) is 14.0. The lowest BCUT2D eigenvalue weighted by Crippen LogP contribution is -2.51. The molecular weight excluding hydrogens is 320 g/mol. The Labute approximate surface area is 145 Å². The van der Waals surface area contributed by atoms with Gasteiger partial charge in [-0.2, -0.15) is 0 Å². The average molecular weight is 342 g/mol. The van der Waals surface area contributed by atoms with Gasteiger partial charge in [0.25, 0.3) is 5.56 Å². The number of nitrogens with zero attached hydrogens (tertiary/aromatic N) is 2. The van der Waals surface area contributed by atoms with Gasteiger partial charge in [-0.1, -0.05) is 18.2 Å². The molecule has 4 atom stereocenters. The zero-order valence-electron chi connectivity index (χ0n) is 14.0. The van der Waals surface area contributed by atoms with Gasteiger partial charge < -0.3 is 14.6 Å². The number of hydrogen-bond donors (Lipinski definition) is 1. The number of hydrogen-bond acceptors (Lipinski definition) is 3. The Balaban J connectivity index is 1.58. The normalized spacial score (nSPS) is 30.6. The van der Waals surface area contributed by atoms with Crippen molar-refractivity contribution in [2.24, 2.45) is 17.8 Å². The monoisotopic (exact) mass is 342 g/mol. The van der Waals surface area contributed by atoms with E-state index in [0.29, 0.717) is 32.5 Å². The van der Waals surface area contributed by atoms with Crippen molar-refractivity contribution in [3.63, 3.8) is 0 Å². The molecule has 3 aliphatic rings. The first-order valence-electron chi connectivity index (χ1n) is 8.91. The average Bonchev–Trinajstić information content (AvgIpc) is 2.62. The molecule has 1 N–H and O–H groups in total. The molecule has 132 valence electrons. The summed E-state index contributed by atoms with van der Waals surface area (Å²) in [4.78, 5) is 38.5. The maximum absolute atomic E-state index is 13.0. The number of carbonyl (C=O) groups is 2. The van der Waals surface area contributed by atoms with Crippen molar-refractivity contribution < 1.29 is 14.7 Å². The highest BCUT2D eigenvalue weighted by Crippen LogP contribution is 2.37. The highest BCUT2D eigenvalue weighted by molar-refractivity contribution is 5.85. The number of allylic oxidation sites excluding steroid dienone is 2. The molecule has 1 aromatic heterocycles. The van der Waals surface area contributed by atoms with Crippen molar-refractivity contribution in [1.29, 1.82) is 0 Å². The predicted molar refractivity (Wildman–Crippen MR) is 91.1 cm³/mol. The summed E-state index contributed by atoms with van der Waals surface area (Å²) in [6.45, 7) is 1.83. The fraction of sp³-hybridized carbons (Fsp3) is 0.526. The molecule has 0 spiro atoms. The number of rotatable bonds is 2. The van der Waals surface area contributed by atoms with Gasteiger partial charge in [0.1, 0.15) is 0 Å². The smallest absolute Gasteiger partial charge is 0.307 e. The Bertz CT molecular complexity index is 797. The summed E-state index contributed by atoms with van der Waals surface area (Å²) in [6, 6.07) is 5.33. The standard InChI is InChI=1S/C19H22N2O4/c22-17-7-3-6-16-13-8-12(10-21(16)17)9-20(11-13)18(23)14-4-1-2-5-15(14)19(24)25/h1-3,6-7,12-15H,4-5,8-11H2,(H,24,25)/t12-,13+,14+,15+/m1/s1. The number of likely N-dealkylation sites (tertiary alicyclic amines) is 1. The fourth-order valence-electron chi connectivity index (χ4n) is 4.67. The Kier molecular flexibility index (Phi) is 3.98. The van der Waals surface area contributed by atoms with Gasteiger partial charge >= 0.3 is 5.97 Å². The Morgan fingerprint density at radius 3 is 2.56 bits per heavy atom. The molecule has 0 aromatic carbocycles. The van der Waals surface area contributed by atoms with Crippen molar-refractivity contribution in [2.45, 2.75) is 31.7 Å². The third kappa shape index (κ3) is 2.79. The SMILES string of the molecule is O=C(O)[C@H]1CC=CC[C@@H]1C(=O)N1C[C@H]2C[C@@H](C1)c1cccc(=O)n1C2. The molecule has 1 amide bonds. The second-order valence-corrected chi connectivity index (χ2v) is 7.44. The Morgan fingerprint density at radius 1 is 1.04 bits per heavy atom. The van der Waals surface area contributed by atoms with E-state index in [2.05, 4.69) is 0 Å². The quantitative estimate of drug-likeness (QED) is 0.825. The van der Waals surface area contributed by atoms with E-state index in [1.807, 2.05) is 27.7 Å². The molecule has 2 bridgehead atoms. The first-order valence-corrected chi connectivity index (χ1v) is 8.91. The van der Waals surface area contributed by atoms with Crippen LogP contribution in [0.3, 0.4) is 0 Å². The molecule has 0 saturated carbocycles. The van der Waals surface area contributed by atoms with Crippen LogP contribution in [0, 0.1) is 17.8 Å². The third-order valence-corrected chi connectivity index (χ3v) is 5.86. The number of aliphatic carboxylic acids is 1. The highest BCUT2D eigenvalue weighted by Gasteiger charge is 2.41. The maximum Gasteiger partial charge on any atom is 0.307 e. The summed E-state index contributed by atoms with van der Waals surface area (Å²) in [7, 11) is 0. The fourth-order valence-corrected chi connectivity index (χ4v) is 4.67. The first-order chi connectivity index (χ1) is 12.0. The molecule has 3 heterocycles. The number of piperidine rings is 1. The van der Waals surface area contributed by atoms with E-state index in [1.54, 1.807) is 12.1 Å². The summed E-state index contributed by atoms with van der Waals surface area (Å²) < 4.78 is 1.84. The molecule has 4 rings (SSSR count). The maximum atomic E-state index is 13.0. The molecule has 1 aromatic rings. The number of fused-ring (bicyclic) bond motifs is 4. The van der Waals surface area contributed by atoms with Gasteiger partial charge in [0, 0.05) is 37.3 Å². The van der Waals surface area contributed by atoms with E-state index in [-0.39, 0.29) is 23.3 Å². The lowest BCUT2D eigenvalue weighted by atomic mass is 9.79. The van der Waals surface area contributed by atoms with Crippen LogP contribution in [0.5, 0.6) is 0 Å². The van der Waals surface area contributed by atoms with E-state index in [1.165, 1.54) is 0 Å². The van der Waals surface area contributed by atoms with Crippen molar-refractivity contribution in [1.82, 2.24) is 9.47 Å². The van der Waals surface area contributed by atoms with Crippen LogP contribution in [0.1, 0.15) is 30.9 Å². The van der Waals surface area contributed by atoms with Crippen LogP contribution in [-0.4, -0.2) is 39.5 Å². The van der Waals surface area contributed by atoms with Crippen LogP contribution in [0.2, 0.25) is 0 Å². The third-order valence-electron chi connectivity index (χ3n) is 5.86. The van der Waals surface area contributed by atoms with Gasteiger partial charge in [-0.05, 0) is 31.2 Å². The van der Waals surface area contributed by atoms with Crippen LogP contribution in [-0.2, 0) is 16.1 Å². The predicted octanol–water partition coefficient (Wildman–Crippen LogP) is 1.46. The lowest BCUT2D eigenvalue weighted by molar-refractivity contribution is -0.151. The number of amides is 1. The summed E-state index contributed by atoms with van der Waals surface area (Å²) >= 11 is 0. The molecule has 1 fully saturated rings. The van der Waals surface area contributed by atoms with Crippen LogP contribution in [0.15, 0.2) is 35.1 Å². The topological polar surface area (TPSA) is 79.6 Å². The van der Waals surface area contributed by atoms with Crippen molar-refractivity contribution in [3.05, 3.63) is 46.4 Å². The van der Waals surface area contributed by atoms with Gasteiger partial charge in [0.2, 0.25) is 5.91 Å². The number of carboxylic acid groups (broad SMARTS) is 1. The first kappa shape index (κ1) is 16.1. The molecule has 6 nitrogen and oxygen atoms in total. The number of pyridine rings is 1. The van der Waals surface area contributed by atoms with Crippen molar-refractivity contribution in [2.75, 3.05) is 13.1 Å². The van der Waals surface area contributed by atoms with Gasteiger partial charge in [0.15, 0.2) is 0 Å². The molecule has 1 saturated heterocycles. The molecule has 25 heavy (non-hydrogen) atoms. The van der Waals surface area contributed by atoms with E-state index < -0.39 is 17.8 Å². The molecule has 0 unspecified atom stereocenters. The largest absolute Gasteiger partial charge is 0.481 e. The molecular formula is C19H22N2O4. The minimum Gasteiger partial charge on any atom is -0.481 e.